The number of nitrogens with zero attached hydrogens (tertiary/aromatic N) is 1. The maximum Gasteiger partial charge on any atom is 0.344 e. The van der Waals surface area contributed by atoms with Crippen LogP contribution in [0.3, 0.4) is 0 Å². The summed E-state index contributed by atoms with van der Waals surface area (Å²) in [6.45, 7) is 0. The molecule has 0 heterocycles. The van der Waals surface area contributed by atoms with E-state index in [1.165, 1.54) is 0 Å². The maximum atomic E-state index is 10.7. The zero-order valence-electron chi connectivity index (χ0n) is 7.51. The van der Waals surface area contributed by atoms with Crippen LogP contribution in [0, 0.1) is 10.1 Å². The number of rotatable bonds is 3. The first kappa shape index (κ1) is 11.9. The molecule has 0 aliphatic heterocycles. The molecule has 84 valence electrons. The molecule has 0 atom stereocenters. The van der Waals surface area contributed by atoms with Gasteiger partial charge in [-0.1, -0.05) is 11.6 Å². The zero-order valence-corrected chi connectivity index (χ0v) is 8.26. The maximum absolute atomic E-state index is 10.7. The third-order valence-electron chi connectivity index (χ3n) is 1.73. The summed E-state index contributed by atoms with van der Waals surface area (Å²) >= 11 is 5.47. The van der Waals surface area contributed by atoms with Crippen LogP contribution in [0.2, 0.25) is 5.02 Å². The highest BCUT2D eigenvalue weighted by Gasteiger charge is 2.25. The van der Waals surface area contributed by atoms with Crippen LogP contribution in [0.15, 0.2) is 12.1 Å². The van der Waals surface area contributed by atoms with Gasteiger partial charge in [0.15, 0.2) is 5.56 Å². The van der Waals surface area contributed by atoms with Gasteiger partial charge >= 0.3 is 11.9 Å². The quantitative estimate of drug-likeness (QED) is 0.617. The predicted molar refractivity (Wildman–Crippen MR) is 52.0 cm³/mol. The molecule has 0 radical (unpaired) electrons. The Morgan fingerprint density at radius 2 is 1.81 bits per heavy atom. The normalized spacial score (nSPS) is 9.81. The molecule has 16 heavy (non-hydrogen) atoms. The van der Waals surface area contributed by atoms with E-state index < -0.39 is 38.7 Å². The Morgan fingerprint density at radius 3 is 2.19 bits per heavy atom. The van der Waals surface area contributed by atoms with Crippen molar-refractivity contribution in [1.82, 2.24) is 0 Å². The Kier molecular flexibility index (Phi) is 3.09. The van der Waals surface area contributed by atoms with Crippen molar-refractivity contribution in [3.8, 4) is 0 Å². The fourth-order valence-electron chi connectivity index (χ4n) is 1.07. The molecule has 0 amide bonds. The summed E-state index contributed by atoms with van der Waals surface area (Å²) in [4.78, 5) is 30.8. The van der Waals surface area contributed by atoms with Crippen molar-refractivity contribution in [2.24, 2.45) is 0 Å². The number of carboxylic acids is 2. The van der Waals surface area contributed by atoms with Gasteiger partial charge in [-0.3, -0.25) is 10.1 Å². The Bertz CT molecular complexity index is 498. The van der Waals surface area contributed by atoms with E-state index in [1.54, 1.807) is 0 Å². The number of nitro benzene ring substituents is 1. The van der Waals surface area contributed by atoms with Crippen molar-refractivity contribution in [2.45, 2.75) is 0 Å². The smallest absolute Gasteiger partial charge is 0.344 e. The lowest BCUT2D eigenvalue weighted by atomic mass is 10.1. The van der Waals surface area contributed by atoms with Gasteiger partial charge < -0.3 is 10.2 Å². The standard InChI is InChI=1S/C8H4ClNO6/c9-4-1-3(7(11)12)2-5(10(15)16)6(4)8(13)14/h1-2H,(H,11,12)(H,13,14). The van der Waals surface area contributed by atoms with Gasteiger partial charge in [-0.15, -0.1) is 0 Å². The fraction of sp³-hybridized carbons (Fsp3) is 0. The molecule has 0 saturated heterocycles. The molecule has 0 bridgehead atoms. The minimum absolute atomic E-state index is 0.443. The summed E-state index contributed by atoms with van der Waals surface area (Å²) in [5.74, 6) is -3.02. The molecule has 1 aromatic rings. The van der Waals surface area contributed by atoms with Gasteiger partial charge in [-0.05, 0) is 6.07 Å². The van der Waals surface area contributed by atoms with Gasteiger partial charge in [0, 0.05) is 6.07 Å². The Balaban J connectivity index is 3.58. The van der Waals surface area contributed by atoms with Gasteiger partial charge in [0.2, 0.25) is 0 Å². The number of aromatic carboxylic acids is 2. The van der Waals surface area contributed by atoms with Crippen molar-refractivity contribution in [3.05, 3.63) is 38.4 Å². The van der Waals surface area contributed by atoms with Crippen LogP contribution in [-0.2, 0) is 0 Å². The zero-order chi connectivity index (χ0) is 12.5. The number of carboxylic acid groups (broad SMARTS) is 2. The van der Waals surface area contributed by atoms with E-state index in [1.807, 2.05) is 0 Å². The van der Waals surface area contributed by atoms with Crippen molar-refractivity contribution < 1.29 is 24.7 Å². The third kappa shape index (κ3) is 2.09. The van der Waals surface area contributed by atoms with Crippen LogP contribution in [0.1, 0.15) is 20.7 Å². The number of hydrogen-bond acceptors (Lipinski definition) is 4. The molecule has 0 saturated carbocycles. The van der Waals surface area contributed by atoms with Crippen molar-refractivity contribution in [3.63, 3.8) is 0 Å². The molecule has 0 aliphatic carbocycles. The molecule has 0 unspecified atom stereocenters. The third-order valence-corrected chi connectivity index (χ3v) is 2.03. The molecule has 7 nitrogen and oxygen atoms in total. The van der Waals surface area contributed by atoms with Crippen LogP contribution in [0.4, 0.5) is 5.69 Å². The molecule has 0 spiro atoms. The van der Waals surface area contributed by atoms with E-state index in [9.17, 15) is 19.7 Å². The average Bonchev–Trinajstić information content (AvgIpc) is 2.15. The Labute approximate surface area is 93.0 Å². The summed E-state index contributed by atoms with van der Waals surface area (Å²) in [5.41, 5.74) is -2.02. The van der Waals surface area contributed by atoms with E-state index in [-0.39, 0.29) is 0 Å². The van der Waals surface area contributed by atoms with Gasteiger partial charge in [0.05, 0.1) is 15.5 Å². The van der Waals surface area contributed by atoms with E-state index in [0.717, 1.165) is 6.07 Å². The highest BCUT2D eigenvalue weighted by atomic mass is 35.5. The first-order valence-corrected chi connectivity index (χ1v) is 4.17. The number of nitro groups is 1. The molecular formula is C8H4ClNO6. The second-order valence-corrected chi connectivity index (χ2v) is 3.13. The lowest BCUT2D eigenvalue weighted by molar-refractivity contribution is -0.385. The van der Waals surface area contributed by atoms with Crippen molar-refractivity contribution in [1.29, 1.82) is 0 Å². The monoisotopic (exact) mass is 245 g/mol. The lowest BCUT2D eigenvalue weighted by Gasteiger charge is -2.02. The number of halogens is 1. The van der Waals surface area contributed by atoms with E-state index in [2.05, 4.69) is 0 Å². The summed E-state index contributed by atoms with van der Waals surface area (Å²) in [6, 6.07) is 1.50. The predicted octanol–water partition coefficient (Wildman–Crippen LogP) is 1.64. The Hall–Kier alpha value is -2.15. The fourth-order valence-corrected chi connectivity index (χ4v) is 1.37. The summed E-state index contributed by atoms with van der Waals surface area (Å²) in [6.07, 6.45) is 0. The van der Waals surface area contributed by atoms with Gasteiger partial charge in [0.25, 0.3) is 5.69 Å². The van der Waals surface area contributed by atoms with Crippen molar-refractivity contribution in [2.75, 3.05) is 0 Å². The summed E-state index contributed by atoms with van der Waals surface area (Å²) < 4.78 is 0. The topological polar surface area (TPSA) is 118 Å². The van der Waals surface area contributed by atoms with Crippen LogP contribution in [0.5, 0.6) is 0 Å². The SMILES string of the molecule is O=C(O)c1cc(Cl)c(C(=O)O)c([N+](=O)[O-])c1. The highest BCUT2D eigenvalue weighted by Crippen LogP contribution is 2.28. The van der Waals surface area contributed by atoms with E-state index in [0.29, 0.717) is 6.07 Å². The van der Waals surface area contributed by atoms with E-state index >= 15 is 0 Å². The minimum atomic E-state index is -1.59. The largest absolute Gasteiger partial charge is 0.478 e. The second kappa shape index (κ2) is 4.15. The molecular weight excluding hydrogens is 242 g/mol. The first-order chi connectivity index (χ1) is 7.34. The number of hydrogen-bond donors (Lipinski definition) is 2. The van der Waals surface area contributed by atoms with Crippen molar-refractivity contribution >= 4 is 29.2 Å². The molecule has 2 N–H and O–H groups in total. The van der Waals surface area contributed by atoms with Crippen LogP contribution >= 0.6 is 11.6 Å². The molecule has 1 rings (SSSR count). The molecule has 0 fully saturated rings. The van der Waals surface area contributed by atoms with E-state index in [4.69, 9.17) is 21.8 Å². The van der Waals surface area contributed by atoms with Gasteiger partial charge in [-0.25, -0.2) is 9.59 Å². The van der Waals surface area contributed by atoms with Gasteiger partial charge in [0.1, 0.15) is 0 Å². The van der Waals surface area contributed by atoms with Crippen LogP contribution in [0.25, 0.3) is 0 Å². The lowest BCUT2D eigenvalue weighted by Crippen LogP contribution is -2.06. The molecule has 8 heteroatoms. The van der Waals surface area contributed by atoms with Crippen LogP contribution < -0.4 is 0 Å². The second-order valence-electron chi connectivity index (χ2n) is 2.72. The molecule has 0 aliphatic rings. The molecule has 1 aromatic carbocycles. The minimum Gasteiger partial charge on any atom is -0.478 e. The molecule has 0 aromatic heterocycles. The summed E-state index contributed by atoms with van der Waals surface area (Å²) in [5, 5.41) is 27.4. The first-order valence-electron chi connectivity index (χ1n) is 3.79. The number of benzene rings is 1. The average molecular weight is 246 g/mol. The number of carbonyl (C=O) groups is 2. The van der Waals surface area contributed by atoms with Crippen LogP contribution in [-0.4, -0.2) is 27.1 Å². The Morgan fingerprint density at radius 1 is 1.25 bits per heavy atom. The highest BCUT2D eigenvalue weighted by molar-refractivity contribution is 6.34. The summed E-state index contributed by atoms with van der Waals surface area (Å²) in [7, 11) is 0. The van der Waals surface area contributed by atoms with Gasteiger partial charge in [-0.2, -0.15) is 0 Å².